The molecule has 0 amide bonds. The quantitative estimate of drug-likeness (QED) is 0.516. The molecule has 0 spiro atoms. The lowest BCUT2D eigenvalue weighted by atomic mass is 10.3. The molecule has 1 aromatic rings. The molecular formula is C6H8N3. The van der Waals surface area contributed by atoms with E-state index in [2.05, 4.69) is 16.5 Å². The van der Waals surface area contributed by atoms with Gasteiger partial charge in [-0.1, -0.05) is 0 Å². The van der Waals surface area contributed by atoms with Gasteiger partial charge in [0, 0.05) is 24.7 Å². The van der Waals surface area contributed by atoms with Crippen LogP contribution in [0.15, 0.2) is 6.20 Å². The van der Waals surface area contributed by atoms with E-state index in [1.165, 1.54) is 5.69 Å². The second-order valence-electron chi connectivity index (χ2n) is 2.14. The van der Waals surface area contributed by atoms with Gasteiger partial charge in [-0.3, -0.25) is 10.00 Å². The zero-order valence-corrected chi connectivity index (χ0v) is 5.09. The number of rotatable bonds is 0. The highest BCUT2D eigenvalue weighted by atomic mass is 15.3. The molecular weight excluding hydrogens is 114 g/mol. The molecule has 0 unspecified atom stereocenters. The lowest BCUT2D eigenvalue weighted by Crippen LogP contribution is -2.29. The van der Waals surface area contributed by atoms with Crippen LogP contribution in [0.5, 0.6) is 0 Å². The molecule has 2 rings (SSSR count). The first-order valence-electron chi connectivity index (χ1n) is 3.10. The smallest absolute Gasteiger partial charge is 0.0907 e. The fourth-order valence-corrected chi connectivity index (χ4v) is 1.05. The SMILES string of the molecule is [c]1cnn2c1CCNC2. The van der Waals surface area contributed by atoms with Crippen LogP contribution in [0.4, 0.5) is 0 Å². The van der Waals surface area contributed by atoms with E-state index in [-0.39, 0.29) is 0 Å². The molecule has 1 aliphatic heterocycles. The van der Waals surface area contributed by atoms with Crippen LogP contribution in [-0.4, -0.2) is 16.3 Å². The van der Waals surface area contributed by atoms with Crippen molar-refractivity contribution in [2.75, 3.05) is 6.54 Å². The maximum atomic E-state index is 4.06. The molecule has 0 atom stereocenters. The van der Waals surface area contributed by atoms with E-state index in [1.54, 1.807) is 6.20 Å². The Morgan fingerprint density at radius 3 is 3.67 bits per heavy atom. The third kappa shape index (κ3) is 0.733. The Kier molecular flexibility index (Phi) is 1.02. The second kappa shape index (κ2) is 1.84. The minimum absolute atomic E-state index is 0.846. The fraction of sp³-hybridized carbons (Fsp3) is 0.500. The molecule has 3 heteroatoms. The van der Waals surface area contributed by atoms with E-state index >= 15 is 0 Å². The first-order valence-corrected chi connectivity index (χ1v) is 3.10. The van der Waals surface area contributed by atoms with Crippen LogP contribution in [0.3, 0.4) is 0 Å². The highest BCUT2D eigenvalue weighted by molar-refractivity contribution is 5.00. The predicted molar refractivity (Wildman–Crippen MR) is 32.8 cm³/mol. The molecule has 47 valence electrons. The Hall–Kier alpha value is -0.830. The van der Waals surface area contributed by atoms with Gasteiger partial charge in [-0.05, 0) is 0 Å². The fourth-order valence-electron chi connectivity index (χ4n) is 1.05. The second-order valence-corrected chi connectivity index (χ2v) is 2.14. The molecule has 0 bridgehead atoms. The predicted octanol–water partition coefficient (Wildman–Crippen LogP) is -0.214. The van der Waals surface area contributed by atoms with Gasteiger partial charge in [-0.25, -0.2) is 0 Å². The van der Waals surface area contributed by atoms with Gasteiger partial charge in [0.25, 0.3) is 0 Å². The monoisotopic (exact) mass is 122 g/mol. The van der Waals surface area contributed by atoms with Crippen molar-refractivity contribution < 1.29 is 0 Å². The molecule has 1 aliphatic rings. The molecule has 0 fully saturated rings. The first-order chi connectivity index (χ1) is 4.47. The van der Waals surface area contributed by atoms with Gasteiger partial charge in [0.15, 0.2) is 0 Å². The van der Waals surface area contributed by atoms with E-state index in [1.807, 2.05) is 4.68 Å². The van der Waals surface area contributed by atoms with Gasteiger partial charge in [0.2, 0.25) is 0 Å². The number of hydrogen-bond acceptors (Lipinski definition) is 2. The van der Waals surface area contributed by atoms with E-state index in [9.17, 15) is 0 Å². The highest BCUT2D eigenvalue weighted by Crippen LogP contribution is 2.00. The maximum absolute atomic E-state index is 4.06. The van der Waals surface area contributed by atoms with Crippen molar-refractivity contribution in [1.29, 1.82) is 0 Å². The maximum Gasteiger partial charge on any atom is 0.0907 e. The van der Waals surface area contributed by atoms with Gasteiger partial charge in [0.1, 0.15) is 0 Å². The number of nitrogens with zero attached hydrogens (tertiary/aromatic N) is 2. The molecule has 0 saturated carbocycles. The Balaban J connectivity index is 2.39. The summed E-state index contributed by atoms with van der Waals surface area (Å²) in [6, 6.07) is 3.07. The van der Waals surface area contributed by atoms with Crippen molar-refractivity contribution in [3.05, 3.63) is 18.0 Å². The van der Waals surface area contributed by atoms with Crippen LogP contribution in [0.25, 0.3) is 0 Å². The minimum atomic E-state index is 0.846. The molecule has 0 aliphatic carbocycles. The average Bonchev–Trinajstić information content (AvgIpc) is 2.33. The van der Waals surface area contributed by atoms with E-state index in [4.69, 9.17) is 0 Å². The molecule has 1 aromatic heterocycles. The summed E-state index contributed by atoms with van der Waals surface area (Å²) in [5.41, 5.74) is 1.22. The molecule has 0 aromatic carbocycles. The molecule has 2 heterocycles. The zero-order chi connectivity index (χ0) is 6.10. The van der Waals surface area contributed by atoms with Crippen molar-refractivity contribution in [2.45, 2.75) is 13.1 Å². The zero-order valence-electron chi connectivity index (χ0n) is 5.09. The highest BCUT2D eigenvalue weighted by Gasteiger charge is 2.05. The van der Waals surface area contributed by atoms with Crippen LogP contribution in [0.1, 0.15) is 5.69 Å². The summed E-state index contributed by atoms with van der Waals surface area (Å²) in [6.07, 6.45) is 2.78. The normalized spacial score (nSPS) is 17.3. The third-order valence-corrected chi connectivity index (χ3v) is 1.54. The van der Waals surface area contributed by atoms with Crippen molar-refractivity contribution in [2.24, 2.45) is 0 Å². The summed E-state index contributed by atoms with van der Waals surface area (Å²) in [7, 11) is 0. The molecule has 0 saturated heterocycles. The lowest BCUT2D eigenvalue weighted by Gasteiger charge is -2.13. The number of aromatic nitrogens is 2. The Labute approximate surface area is 53.7 Å². The largest absolute Gasteiger partial charge is 0.298 e. The van der Waals surface area contributed by atoms with E-state index in [0.717, 1.165) is 19.6 Å². The summed E-state index contributed by atoms with van der Waals surface area (Å²) in [6.45, 7) is 1.90. The molecule has 9 heavy (non-hydrogen) atoms. The third-order valence-electron chi connectivity index (χ3n) is 1.54. The number of fused-ring (bicyclic) bond motifs is 1. The summed E-state index contributed by atoms with van der Waals surface area (Å²) >= 11 is 0. The number of hydrogen-bond donors (Lipinski definition) is 1. The van der Waals surface area contributed by atoms with Crippen molar-refractivity contribution in [3.8, 4) is 0 Å². The standard InChI is InChI=1S/C6H8N3/c1-3-7-5-9-6(1)2-4-8-9/h4,7H,1,3,5H2. The van der Waals surface area contributed by atoms with Crippen molar-refractivity contribution >= 4 is 0 Å². The average molecular weight is 122 g/mol. The molecule has 1 radical (unpaired) electrons. The Bertz CT molecular complexity index is 183. The van der Waals surface area contributed by atoms with E-state index < -0.39 is 0 Å². The number of nitrogens with one attached hydrogen (secondary N) is 1. The minimum Gasteiger partial charge on any atom is -0.298 e. The van der Waals surface area contributed by atoms with Crippen molar-refractivity contribution in [3.63, 3.8) is 0 Å². The van der Waals surface area contributed by atoms with Gasteiger partial charge in [0.05, 0.1) is 12.9 Å². The van der Waals surface area contributed by atoms with Gasteiger partial charge in [-0.15, -0.1) is 0 Å². The van der Waals surface area contributed by atoms with Crippen LogP contribution < -0.4 is 5.32 Å². The van der Waals surface area contributed by atoms with Gasteiger partial charge < -0.3 is 0 Å². The van der Waals surface area contributed by atoms with Crippen LogP contribution in [-0.2, 0) is 13.1 Å². The summed E-state index contributed by atoms with van der Waals surface area (Å²) in [5, 5.41) is 7.26. The molecule has 1 N–H and O–H groups in total. The summed E-state index contributed by atoms with van der Waals surface area (Å²) < 4.78 is 1.93. The van der Waals surface area contributed by atoms with Crippen LogP contribution in [0.2, 0.25) is 0 Å². The summed E-state index contributed by atoms with van der Waals surface area (Å²) in [5.74, 6) is 0. The summed E-state index contributed by atoms with van der Waals surface area (Å²) in [4.78, 5) is 0. The topological polar surface area (TPSA) is 29.9 Å². The van der Waals surface area contributed by atoms with Crippen LogP contribution >= 0.6 is 0 Å². The van der Waals surface area contributed by atoms with Crippen LogP contribution in [0, 0.1) is 6.07 Å². The lowest BCUT2D eigenvalue weighted by molar-refractivity contribution is 0.453. The van der Waals surface area contributed by atoms with E-state index in [0.29, 0.717) is 0 Å². The van der Waals surface area contributed by atoms with Gasteiger partial charge in [-0.2, -0.15) is 5.10 Å². The van der Waals surface area contributed by atoms with Crippen molar-refractivity contribution in [1.82, 2.24) is 15.1 Å². The Morgan fingerprint density at radius 2 is 2.78 bits per heavy atom. The van der Waals surface area contributed by atoms with Gasteiger partial charge >= 0.3 is 0 Å². The molecule has 3 nitrogen and oxygen atoms in total. The first kappa shape index (κ1) is 4.99. The Morgan fingerprint density at radius 1 is 1.78 bits per heavy atom.